The average molecular weight is 380 g/mol. The van der Waals surface area contributed by atoms with Crippen molar-refractivity contribution in [3.63, 3.8) is 0 Å². The number of para-hydroxylation sites is 1. The molecule has 2 N–H and O–H groups in total. The van der Waals surface area contributed by atoms with Crippen LogP contribution in [0.4, 0.5) is 10.8 Å². The maximum Gasteiger partial charge on any atom is 0.202 e. The van der Waals surface area contributed by atoms with Gasteiger partial charge in [0.15, 0.2) is 5.13 Å². The fraction of sp³-hybridized carbons (Fsp3) is 0.381. The molecule has 140 valence electrons. The number of pyridine rings is 1. The molecule has 4 rings (SSSR count). The molecule has 2 aromatic heterocycles. The Balaban J connectivity index is 1.68. The van der Waals surface area contributed by atoms with Crippen LogP contribution >= 0.6 is 11.3 Å². The van der Waals surface area contributed by atoms with Crippen LogP contribution in [0.1, 0.15) is 44.7 Å². The van der Waals surface area contributed by atoms with Crippen LogP contribution in [0.2, 0.25) is 0 Å². The van der Waals surface area contributed by atoms with Gasteiger partial charge in [-0.05, 0) is 31.4 Å². The van der Waals surface area contributed by atoms with Gasteiger partial charge in [-0.1, -0.05) is 44.4 Å². The zero-order valence-corrected chi connectivity index (χ0v) is 16.4. The fourth-order valence-electron chi connectivity index (χ4n) is 3.52. The van der Waals surface area contributed by atoms with Crippen molar-refractivity contribution < 1.29 is 0 Å². The highest BCUT2D eigenvalue weighted by molar-refractivity contribution is 7.13. The highest BCUT2D eigenvalue weighted by Gasteiger charge is 2.15. The van der Waals surface area contributed by atoms with Gasteiger partial charge in [0.25, 0.3) is 0 Å². The summed E-state index contributed by atoms with van der Waals surface area (Å²) in [7, 11) is 0. The van der Waals surface area contributed by atoms with Crippen molar-refractivity contribution in [2.45, 2.75) is 51.5 Å². The van der Waals surface area contributed by atoms with Gasteiger partial charge in [-0.2, -0.15) is 0 Å². The minimum absolute atomic E-state index is 0.368. The second-order valence-electron chi connectivity index (χ2n) is 6.89. The zero-order chi connectivity index (χ0) is 18.5. The van der Waals surface area contributed by atoms with E-state index in [0.717, 1.165) is 52.6 Å². The van der Waals surface area contributed by atoms with Crippen LogP contribution in [-0.4, -0.2) is 22.0 Å². The van der Waals surface area contributed by atoms with Crippen molar-refractivity contribution in [1.82, 2.24) is 9.97 Å². The highest BCUT2D eigenvalue weighted by atomic mass is 32.1. The third kappa shape index (κ3) is 4.45. The lowest BCUT2D eigenvalue weighted by Crippen LogP contribution is -2.25. The lowest BCUT2D eigenvalue weighted by molar-refractivity contribution is 0.443. The van der Waals surface area contributed by atoms with Crippen LogP contribution in [0, 0.1) is 0 Å². The Kier molecular flexibility index (Phi) is 5.63. The fourth-order valence-corrected chi connectivity index (χ4v) is 4.05. The Morgan fingerprint density at radius 2 is 2.04 bits per heavy atom. The van der Waals surface area contributed by atoms with Gasteiger partial charge in [0.2, 0.25) is 5.96 Å². The molecule has 1 fully saturated rings. The minimum Gasteiger partial charge on any atom is -0.325 e. The standard InChI is InChI=1S/C21H25N5S/c1-2-15-14-19(17-10-6-7-11-18(17)23-15)25-20(26-21-22-12-13-27-21)24-16-8-4-3-5-9-16/h6-7,10-14,16H,2-5,8-9H2,1H3,(H2,22,23,24,25,26). The first-order valence-electron chi connectivity index (χ1n) is 9.72. The van der Waals surface area contributed by atoms with Gasteiger partial charge in [0, 0.05) is 22.7 Å². The molecule has 0 atom stereocenters. The topological polar surface area (TPSA) is 62.2 Å². The summed E-state index contributed by atoms with van der Waals surface area (Å²) in [5.41, 5.74) is 3.11. The van der Waals surface area contributed by atoms with Crippen molar-refractivity contribution in [1.29, 1.82) is 0 Å². The van der Waals surface area contributed by atoms with Gasteiger partial charge < -0.3 is 10.6 Å². The van der Waals surface area contributed by atoms with Crippen LogP contribution in [0.5, 0.6) is 0 Å². The number of thiazole rings is 1. The van der Waals surface area contributed by atoms with Crippen LogP contribution < -0.4 is 10.6 Å². The van der Waals surface area contributed by atoms with E-state index in [1.54, 1.807) is 11.3 Å². The van der Waals surface area contributed by atoms with Gasteiger partial charge in [0.1, 0.15) is 0 Å². The first-order valence-corrected chi connectivity index (χ1v) is 10.6. The molecule has 3 aromatic rings. The third-order valence-corrected chi connectivity index (χ3v) is 5.62. The number of hydrogen-bond acceptors (Lipinski definition) is 4. The number of aliphatic imine (C=N–C) groups is 1. The summed E-state index contributed by atoms with van der Waals surface area (Å²) in [5, 5.41) is 10.9. The van der Waals surface area contributed by atoms with Crippen molar-refractivity contribution in [2.75, 3.05) is 10.6 Å². The maximum atomic E-state index is 5.01. The number of fused-ring (bicyclic) bond motifs is 1. The quantitative estimate of drug-likeness (QED) is 0.466. The SMILES string of the molecule is CCc1cc(NC(=NC2CCCCC2)Nc2nccs2)c2ccccc2n1. The predicted molar refractivity (Wildman–Crippen MR) is 115 cm³/mol. The normalized spacial score (nSPS) is 15.8. The Labute approximate surface area is 164 Å². The van der Waals surface area contributed by atoms with E-state index in [4.69, 9.17) is 9.98 Å². The number of hydrogen-bond donors (Lipinski definition) is 2. The third-order valence-electron chi connectivity index (χ3n) is 4.93. The van der Waals surface area contributed by atoms with Gasteiger partial charge in [-0.25, -0.2) is 9.98 Å². The molecule has 1 aliphatic rings. The van der Waals surface area contributed by atoms with Crippen molar-refractivity contribution >= 4 is 39.0 Å². The number of aryl methyl sites for hydroxylation is 1. The monoisotopic (exact) mass is 379 g/mol. The second kappa shape index (κ2) is 8.48. The molecule has 0 amide bonds. The van der Waals surface area contributed by atoms with Crippen molar-refractivity contribution in [3.05, 3.63) is 47.6 Å². The summed E-state index contributed by atoms with van der Waals surface area (Å²) in [6, 6.07) is 10.7. The number of nitrogens with one attached hydrogen (secondary N) is 2. The number of nitrogens with zero attached hydrogens (tertiary/aromatic N) is 3. The minimum atomic E-state index is 0.368. The summed E-state index contributed by atoms with van der Waals surface area (Å²) in [4.78, 5) is 14.1. The summed E-state index contributed by atoms with van der Waals surface area (Å²) in [6.45, 7) is 2.13. The number of anilines is 2. The van der Waals surface area contributed by atoms with Crippen LogP contribution in [0.3, 0.4) is 0 Å². The molecule has 0 unspecified atom stereocenters. The van der Waals surface area contributed by atoms with E-state index in [0.29, 0.717) is 6.04 Å². The van der Waals surface area contributed by atoms with Crippen molar-refractivity contribution in [3.8, 4) is 0 Å². The number of guanidine groups is 1. The predicted octanol–water partition coefficient (Wildman–Crippen LogP) is 5.47. The number of aromatic nitrogens is 2. The second-order valence-corrected chi connectivity index (χ2v) is 7.78. The molecule has 0 aliphatic heterocycles. The van der Waals surface area contributed by atoms with E-state index < -0.39 is 0 Å². The smallest absolute Gasteiger partial charge is 0.202 e. The summed E-state index contributed by atoms with van der Waals surface area (Å²) in [5.74, 6) is 0.773. The lowest BCUT2D eigenvalue weighted by Gasteiger charge is -2.20. The number of benzene rings is 1. The molecule has 27 heavy (non-hydrogen) atoms. The van der Waals surface area contributed by atoms with Gasteiger partial charge in [-0.15, -0.1) is 11.3 Å². The molecule has 6 heteroatoms. The molecule has 0 spiro atoms. The van der Waals surface area contributed by atoms with E-state index in [1.807, 2.05) is 23.7 Å². The van der Waals surface area contributed by atoms with Crippen LogP contribution in [0.25, 0.3) is 10.9 Å². The first-order chi connectivity index (χ1) is 13.3. The Morgan fingerprint density at radius 1 is 1.19 bits per heavy atom. The Morgan fingerprint density at radius 3 is 2.81 bits per heavy atom. The first kappa shape index (κ1) is 17.9. The van der Waals surface area contributed by atoms with Gasteiger partial charge in [-0.3, -0.25) is 4.98 Å². The Bertz CT molecular complexity index is 913. The molecule has 0 bridgehead atoms. The van der Waals surface area contributed by atoms with Gasteiger partial charge >= 0.3 is 0 Å². The largest absolute Gasteiger partial charge is 0.325 e. The average Bonchev–Trinajstić information content (AvgIpc) is 3.21. The molecular weight excluding hydrogens is 354 g/mol. The summed E-state index contributed by atoms with van der Waals surface area (Å²) < 4.78 is 0. The van der Waals surface area contributed by atoms with Crippen LogP contribution in [-0.2, 0) is 6.42 Å². The molecule has 0 radical (unpaired) electrons. The molecule has 1 saturated carbocycles. The Hall–Kier alpha value is -2.47. The molecule has 5 nitrogen and oxygen atoms in total. The summed E-state index contributed by atoms with van der Waals surface area (Å²) >= 11 is 1.58. The van der Waals surface area contributed by atoms with E-state index in [-0.39, 0.29) is 0 Å². The molecular formula is C21H25N5S. The highest BCUT2D eigenvalue weighted by Crippen LogP contribution is 2.25. The maximum absolute atomic E-state index is 5.01. The molecule has 2 heterocycles. The molecule has 1 aliphatic carbocycles. The van der Waals surface area contributed by atoms with Gasteiger partial charge in [0.05, 0.1) is 17.2 Å². The van der Waals surface area contributed by atoms with E-state index in [1.165, 1.54) is 19.3 Å². The zero-order valence-electron chi connectivity index (χ0n) is 15.6. The van der Waals surface area contributed by atoms with E-state index in [9.17, 15) is 0 Å². The lowest BCUT2D eigenvalue weighted by atomic mass is 9.96. The van der Waals surface area contributed by atoms with E-state index >= 15 is 0 Å². The molecule has 1 aromatic carbocycles. The van der Waals surface area contributed by atoms with Crippen molar-refractivity contribution in [2.24, 2.45) is 4.99 Å². The van der Waals surface area contributed by atoms with E-state index in [2.05, 4.69) is 40.7 Å². The number of rotatable bonds is 4. The molecule has 0 saturated heterocycles. The van der Waals surface area contributed by atoms with Crippen LogP contribution in [0.15, 0.2) is 46.9 Å². The summed E-state index contributed by atoms with van der Waals surface area (Å²) in [6.07, 6.45) is 8.86.